The Labute approximate surface area is 122 Å². The number of benzene rings is 1. The second-order valence-corrected chi connectivity index (χ2v) is 6.27. The monoisotopic (exact) mass is 312 g/mol. The van der Waals surface area contributed by atoms with Crippen LogP contribution in [0.3, 0.4) is 0 Å². The van der Waals surface area contributed by atoms with Crippen LogP contribution < -0.4 is 4.72 Å². The first-order chi connectivity index (χ1) is 9.40. The molecular formula is C13H13ClN2O3S. The van der Waals surface area contributed by atoms with Gasteiger partial charge in [0.1, 0.15) is 0 Å². The number of nitrogens with one attached hydrogen (secondary N) is 1. The Morgan fingerprint density at radius 1 is 1.25 bits per heavy atom. The fourth-order valence-corrected chi connectivity index (χ4v) is 2.83. The summed E-state index contributed by atoms with van der Waals surface area (Å²) in [4.78, 5) is 3.95. The number of aromatic nitrogens is 1. The average molecular weight is 313 g/mol. The van der Waals surface area contributed by atoms with Crippen LogP contribution in [-0.4, -0.2) is 18.5 Å². The van der Waals surface area contributed by atoms with Gasteiger partial charge in [0.25, 0.3) is 10.0 Å². The molecule has 20 heavy (non-hydrogen) atoms. The largest absolute Gasteiger partial charge is 0.389 e. The van der Waals surface area contributed by atoms with Gasteiger partial charge >= 0.3 is 0 Å². The van der Waals surface area contributed by atoms with E-state index in [0.717, 1.165) is 0 Å². The lowest BCUT2D eigenvalue weighted by Crippen LogP contribution is -2.14. The summed E-state index contributed by atoms with van der Waals surface area (Å²) in [7, 11) is -3.76. The molecule has 1 unspecified atom stereocenters. The predicted octanol–water partition coefficient (Wildman–Crippen LogP) is 2.59. The summed E-state index contributed by atoms with van der Waals surface area (Å²) in [6, 6.07) is 9.10. The molecule has 106 valence electrons. The van der Waals surface area contributed by atoms with Gasteiger partial charge in [-0.25, -0.2) is 13.4 Å². The zero-order valence-corrected chi connectivity index (χ0v) is 12.2. The number of sulfonamides is 1. The number of aliphatic hydroxyl groups excluding tert-OH is 1. The maximum atomic E-state index is 12.2. The molecule has 0 amide bonds. The summed E-state index contributed by atoms with van der Waals surface area (Å²) in [5.74, 6) is 0.0776. The van der Waals surface area contributed by atoms with Crippen LogP contribution in [0.4, 0.5) is 5.82 Å². The molecule has 2 aromatic rings. The third-order valence-electron chi connectivity index (χ3n) is 2.66. The molecule has 2 rings (SSSR count). The third-order valence-corrected chi connectivity index (χ3v) is 4.32. The highest BCUT2D eigenvalue weighted by atomic mass is 35.5. The van der Waals surface area contributed by atoms with Crippen molar-refractivity contribution in [3.63, 3.8) is 0 Å². The predicted molar refractivity (Wildman–Crippen MR) is 77.1 cm³/mol. The molecular weight excluding hydrogens is 300 g/mol. The van der Waals surface area contributed by atoms with Gasteiger partial charge in [0.05, 0.1) is 16.0 Å². The van der Waals surface area contributed by atoms with Crippen LogP contribution in [0.2, 0.25) is 5.02 Å². The average Bonchev–Trinajstić information content (AvgIpc) is 2.41. The minimum absolute atomic E-state index is 0.0728. The van der Waals surface area contributed by atoms with Gasteiger partial charge in [-0.05, 0) is 36.8 Å². The van der Waals surface area contributed by atoms with Gasteiger partial charge in [-0.3, -0.25) is 4.72 Å². The summed E-state index contributed by atoms with van der Waals surface area (Å²) in [6.45, 7) is 1.61. The summed E-state index contributed by atoms with van der Waals surface area (Å²) < 4.78 is 26.6. The number of nitrogens with zero attached hydrogens (tertiary/aromatic N) is 1. The molecule has 2 N–H and O–H groups in total. The van der Waals surface area contributed by atoms with Crippen LogP contribution in [0.25, 0.3) is 0 Å². The second kappa shape index (κ2) is 5.78. The van der Waals surface area contributed by atoms with Crippen LogP contribution in [0.5, 0.6) is 0 Å². The minimum atomic E-state index is -3.76. The molecule has 1 heterocycles. The summed E-state index contributed by atoms with van der Waals surface area (Å²) in [5, 5.41) is 9.62. The maximum absolute atomic E-state index is 12.2. The van der Waals surface area contributed by atoms with E-state index in [1.54, 1.807) is 31.2 Å². The summed E-state index contributed by atoms with van der Waals surface area (Å²) in [6.07, 6.45) is 0.797. The SMILES string of the molecule is CC(O)c1ccc(S(=O)(=O)Nc2ncccc2Cl)cc1. The van der Waals surface area contributed by atoms with E-state index in [-0.39, 0.29) is 15.7 Å². The highest BCUT2D eigenvalue weighted by Crippen LogP contribution is 2.22. The maximum Gasteiger partial charge on any atom is 0.263 e. The number of hydrogen-bond acceptors (Lipinski definition) is 4. The Morgan fingerprint density at radius 2 is 1.90 bits per heavy atom. The van der Waals surface area contributed by atoms with Gasteiger partial charge in [-0.1, -0.05) is 23.7 Å². The van der Waals surface area contributed by atoms with Crippen molar-refractivity contribution in [3.05, 3.63) is 53.2 Å². The van der Waals surface area contributed by atoms with Gasteiger partial charge in [-0.15, -0.1) is 0 Å². The molecule has 0 bridgehead atoms. The number of anilines is 1. The van der Waals surface area contributed by atoms with Gasteiger partial charge in [-0.2, -0.15) is 0 Å². The second-order valence-electron chi connectivity index (χ2n) is 4.18. The Kier molecular flexibility index (Phi) is 4.27. The van der Waals surface area contributed by atoms with E-state index in [2.05, 4.69) is 9.71 Å². The van der Waals surface area contributed by atoms with Gasteiger partial charge < -0.3 is 5.11 Å². The molecule has 5 nitrogen and oxygen atoms in total. The lowest BCUT2D eigenvalue weighted by atomic mass is 10.1. The number of halogens is 1. The van der Waals surface area contributed by atoms with Crippen molar-refractivity contribution in [3.8, 4) is 0 Å². The lowest BCUT2D eigenvalue weighted by molar-refractivity contribution is 0.199. The molecule has 0 aliphatic heterocycles. The first kappa shape index (κ1) is 14.8. The van der Waals surface area contributed by atoms with Crippen molar-refractivity contribution in [1.29, 1.82) is 0 Å². The number of hydrogen-bond donors (Lipinski definition) is 2. The molecule has 0 aliphatic rings. The molecule has 1 atom stereocenters. The van der Waals surface area contributed by atoms with Gasteiger partial charge in [0.2, 0.25) is 0 Å². The van der Waals surface area contributed by atoms with E-state index >= 15 is 0 Å². The first-order valence-electron chi connectivity index (χ1n) is 5.81. The molecule has 0 radical (unpaired) electrons. The van der Waals surface area contributed by atoms with Crippen LogP contribution >= 0.6 is 11.6 Å². The molecule has 7 heteroatoms. The Bertz CT molecular complexity index is 700. The van der Waals surface area contributed by atoms with Crippen LogP contribution in [0.15, 0.2) is 47.5 Å². The molecule has 0 aliphatic carbocycles. The van der Waals surface area contributed by atoms with E-state index < -0.39 is 16.1 Å². The van der Waals surface area contributed by atoms with Gasteiger partial charge in [0.15, 0.2) is 5.82 Å². The summed E-state index contributed by atoms with van der Waals surface area (Å²) in [5.41, 5.74) is 0.639. The Morgan fingerprint density at radius 3 is 2.45 bits per heavy atom. The normalized spacial score (nSPS) is 12.9. The fraction of sp³-hybridized carbons (Fsp3) is 0.154. The van der Waals surface area contributed by atoms with Crippen molar-refractivity contribution in [2.24, 2.45) is 0 Å². The fourth-order valence-electron chi connectivity index (χ4n) is 1.57. The van der Waals surface area contributed by atoms with Crippen molar-refractivity contribution in [2.45, 2.75) is 17.9 Å². The minimum Gasteiger partial charge on any atom is -0.389 e. The van der Waals surface area contributed by atoms with E-state index in [9.17, 15) is 13.5 Å². The van der Waals surface area contributed by atoms with Crippen LogP contribution in [-0.2, 0) is 10.0 Å². The molecule has 1 aromatic heterocycles. The van der Waals surface area contributed by atoms with Crippen LogP contribution in [0, 0.1) is 0 Å². The lowest BCUT2D eigenvalue weighted by Gasteiger charge is -2.10. The highest BCUT2D eigenvalue weighted by Gasteiger charge is 2.16. The zero-order valence-electron chi connectivity index (χ0n) is 10.6. The Balaban J connectivity index is 2.29. The first-order valence-corrected chi connectivity index (χ1v) is 7.67. The molecule has 1 aromatic carbocycles. The molecule has 0 fully saturated rings. The molecule has 0 saturated heterocycles. The topological polar surface area (TPSA) is 79.3 Å². The zero-order chi connectivity index (χ0) is 14.8. The number of aliphatic hydroxyl groups is 1. The summed E-state index contributed by atoms with van der Waals surface area (Å²) >= 11 is 5.86. The van der Waals surface area contributed by atoms with Gasteiger partial charge in [0, 0.05) is 6.20 Å². The highest BCUT2D eigenvalue weighted by molar-refractivity contribution is 7.92. The van der Waals surface area contributed by atoms with E-state index in [4.69, 9.17) is 11.6 Å². The molecule has 0 saturated carbocycles. The van der Waals surface area contributed by atoms with Crippen LogP contribution in [0.1, 0.15) is 18.6 Å². The van der Waals surface area contributed by atoms with E-state index in [1.165, 1.54) is 18.3 Å². The standard InChI is InChI=1S/C13H13ClN2O3S/c1-9(17)10-4-6-11(7-5-10)20(18,19)16-13-12(14)3-2-8-15-13/h2-9,17H,1H3,(H,15,16). The smallest absolute Gasteiger partial charge is 0.263 e. The number of rotatable bonds is 4. The van der Waals surface area contributed by atoms with Crippen molar-refractivity contribution >= 4 is 27.4 Å². The van der Waals surface area contributed by atoms with E-state index in [0.29, 0.717) is 5.56 Å². The van der Waals surface area contributed by atoms with Crippen molar-refractivity contribution in [2.75, 3.05) is 4.72 Å². The number of pyridine rings is 1. The van der Waals surface area contributed by atoms with E-state index in [1.807, 2.05) is 0 Å². The third kappa shape index (κ3) is 3.27. The quantitative estimate of drug-likeness (QED) is 0.909. The Hall–Kier alpha value is -1.63. The van der Waals surface area contributed by atoms with Crippen molar-refractivity contribution < 1.29 is 13.5 Å². The molecule has 0 spiro atoms. The van der Waals surface area contributed by atoms with Crippen molar-refractivity contribution in [1.82, 2.24) is 4.98 Å².